The van der Waals surface area contributed by atoms with Gasteiger partial charge in [-0.1, -0.05) is 6.92 Å². The number of hydrogen-bond donors (Lipinski definition) is 3. The Labute approximate surface area is 120 Å². The average Bonchev–Trinajstić information content (AvgIpc) is 2.43. The maximum absolute atomic E-state index is 11.2. The van der Waals surface area contributed by atoms with Crippen molar-refractivity contribution in [3.63, 3.8) is 0 Å². The number of carbonyl (C=O) groups excluding carboxylic acids is 1. The van der Waals surface area contributed by atoms with E-state index in [4.69, 9.17) is 11.5 Å². The number of nitrogens with two attached hydrogens (primary N) is 2. The first-order valence-corrected chi connectivity index (χ1v) is 7.28. The summed E-state index contributed by atoms with van der Waals surface area (Å²) in [6.45, 7) is 5.61. The van der Waals surface area contributed by atoms with Crippen LogP contribution in [0.4, 0.5) is 11.4 Å². The maximum atomic E-state index is 11.2. The number of nitrogens with one attached hydrogen (secondary N) is 1. The summed E-state index contributed by atoms with van der Waals surface area (Å²) in [5, 5.41) is 3.45. The minimum atomic E-state index is -0.425. The molecule has 5 heteroatoms. The van der Waals surface area contributed by atoms with Crippen molar-refractivity contribution in [1.82, 2.24) is 4.90 Å². The lowest BCUT2D eigenvalue weighted by atomic mass is 10.0. The number of nitrogens with zero attached hydrogens (tertiary/aromatic N) is 1. The highest BCUT2D eigenvalue weighted by atomic mass is 16.1. The van der Waals surface area contributed by atoms with Gasteiger partial charge in [0.2, 0.25) is 5.91 Å². The van der Waals surface area contributed by atoms with Crippen LogP contribution in [0.1, 0.15) is 36.5 Å². The Morgan fingerprint density at radius 1 is 1.40 bits per heavy atom. The van der Waals surface area contributed by atoms with Crippen molar-refractivity contribution in [3.8, 4) is 0 Å². The molecule has 1 aromatic rings. The fraction of sp³-hybridized carbons (Fsp3) is 0.533. The maximum Gasteiger partial charge on any atom is 0.248 e. The number of nitrogen functional groups attached to an aromatic ring is 1. The molecule has 0 radical (unpaired) electrons. The number of rotatable bonds is 5. The summed E-state index contributed by atoms with van der Waals surface area (Å²) in [6, 6.07) is 5.55. The van der Waals surface area contributed by atoms with Crippen molar-refractivity contribution in [2.75, 3.05) is 30.7 Å². The van der Waals surface area contributed by atoms with E-state index in [0.29, 0.717) is 17.3 Å². The van der Waals surface area contributed by atoms with Crippen molar-refractivity contribution in [2.24, 2.45) is 5.73 Å². The molecule has 0 spiro atoms. The van der Waals surface area contributed by atoms with Crippen LogP contribution in [0.5, 0.6) is 0 Å². The van der Waals surface area contributed by atoms with Crippen molar-refractivity contribution < 1.29 is 4.79 Å². The Morgan fingerprint density at radius 2 is 2.10 bits per heavy atom. The Balaban J connectivity index is 1.97. The predicted molar refractivity (Wildman–Crippen MR) is 82.7 cm³/mol. The second kappa shape index (κ2) is 6.61. The molecule has 0 unspecified atom stereocenters. The highest BCUT2D eigenvalue weighted by Gasteiger charge is 2.19. The Bertz CT molecular complexity index is 467. The van der Waals surface area contributed by atoms with Gasteiger partial charge < -0.3 is 21.7 Å². The van der Waals surface area contributed by atoms with E-state index in [1.165, 1.54) is 13.0 Å². The summed E-state index contributed by atoms with van der Waals surface area (Å²) in [6.07, 6.45) is 3.40. The highest BCUT2D eigenvalue weighted by molar-refractivity contribution is 5.94. The van der Waals surface area contributed by atoms with Gasteiger partial charge >= 0.3 is 0 Å². The molecule has 0 atom stereocenters. The van der Waals surface area contributed by atoms with Crippen LogP contribution >= 0.6 is 0 Å². The SMILES string of the molecule is CCCN1CCC(Nc2cc(C(N)=O)ccc2N)CC1. The number of anilines is 2. The molecule has 2 rings (SSSR count). The van der Waals surface area contributed by atoms with Gasteiger partial charge in [-0.25, -0.2) is 0 Å². The lowest BCUT2D eigenvalue weighted by molar-refractivity contribution is 0.100. The minimum Gasteiger partial charge on any atom is -0.397 e. The van der Waals surface area contributed by atoms with Crippen molar-refractivity contribution in [1.29, 1.82) is 0 Å². The van der Waals surface area contributed by atoms with Crippen molar-refractivity contribution >= 4 is 17.3 Å². The number of likely N-dealkylation sites (tertiary alicyclic amines) is 1. The molecular weight excluding hydrogens is 252 g/mol. The van der Waals surface area contributed by atoms with E-state index in [2.05, 4.69) is 17.1 Å². The standard InChI is InChI=1S/C15H24N4O/c1-2-7-19-8-5-12(6-9-19)18-14-10-11(15(17)20)3-4-13(14)16/h3-4,10,12,18H,2,5-9,16H2,1H3,(H2,17,20). The van der Waals surface area contributed by atoms with E-state index in [0.717, 1.165) is 31.6 Å². The van der Waals surface area contributed by atoms with Crippen molar-refractivity contribution in [2.45, 2.75) is 32.2 Å². The van der Waals surface area contributed by atoms with E-state index >= 15 is 0 Å². The van der Waals surface area contributed by atoms with Crippen LogP contribution in [0.15, 0.2) is 18.2 Å². The molecule has 1 aromatic carbocycles. The summed E-state index contributed by atoms with van der Waals surface area (Å²) in [5.41, 5.74) is 13.2. The van der Waals surface area contributed by atoms with E-state index < -0.39 is 5.91 Å². The molecule has 20 heavy (non-hydrogen) atoms. The van der Waals surface area contributed by atoms with Gasteiger partial charge in [0.25, 0.3) is 0 Å². The molecule has 1 aliphatic heterocycles. The molecule has 0 aliphatic carbocycles. The van der Waals surface area contributed by atoms with E-state index in [9.17, 15) is 4.79 Å². The van der Waals surface area contributed by atoms with Crippen molar-refractivity contribution in [3.05, 3.63) is 23.8 Å². The third-order valence-electron chi connectivity index (χ3n) is 3.82. The Hall–Kier alpha value is -1.75. The molecule has 1 fully saturated rings. The molecule has 5 N–H and O–H groups in total. The molecule has 1 aliphatic rings. The smallest absolute Gasteiger partial charge is 0.248 e. The fourth-order valence-corrected chi connectivity index (χ4v) is 2.67. The predicted octanol–water partition coefficient (Wildman–Crippen LogP) is 1.65. The zero-order valence-corrected chi connectivity index (χ0v) is 12.1. The molecule has 1 saturated heterocycles. The van der Waals surface area contributed by atoms with Gasteiger partial charge in [-0.15, -0.1) is 0 Å². The molecule has 0 saturated carbocycles. The minimum absolute atomic E-state index is 0.411. The van der Waals surface area contributed by atoms with Crippen LogP contribution in [-0.4, -0.2) is 36.5 Å². The molecule has 110 valence electrons. The number of primary amides is 1. The van der Waals surface area contributed by atoms with Crippen LogP contribution in [0.2, 0.25) is 0 Å². The molecule has 1 amide bonds. The van der Waals surface area contributed by atoms with Crippen LogP contribution in [-0.2, 0) is 0 Å². The second-order valence-electron chi connectivity index (χ2n) is 5.43. The third-order valence-corrected chi connectivity index (χ3v) is 3.82. The first kappa shape index (κ1) is 14.7. The number of piperidine rings is 1. The lowest BCUT2D eigenvalue weighted by Gasteiger charge is -2.32. The van der Waals surface area contributed by atoms with Gasteiger partial charge in [0.05, 0.1) is 11.4 Å². The zero-order chi connectivity index (χ0) is 14.5. The first-order valence-electron chi connectivity index (χ1n) is 7.28. The van der Waals surface area contributed by atoms with Gasteiger partial charge in [0.15, 0.2) is 0 Å². The molecule has 5 nitrogen and oxygen atoms in total. The summed E-state index contributed by atoms with van der Waals surface area (Å²) >= 11 is 0. The average molecular weight is 276 g/mol. The first-order chi connectivity index (χ1) is 9.60. The number of amides is 1. The van der Waals surface area contributed by atoms with Gasteiger partial charge in [-0.2, -0.15) is 0 Å². The third kappa shape index (κ3) is 3.63. The largest absolute Gasteiger partial charge is 0.397 e. The van der Waals surface area contributed by atoms with E-state index in [1.54, 1.807) is 18.2 Å². The van der Waals surface area contributed by atoms with Gasteiger partial charge in [0.1, 0.15) is 0 Å². The Kier molecular flexibility index (Phi) is 4.84. The summed E-state index contributed by atoms with van der Waals surface area (Å²) in [5.74, 6) is -0.425. The van der Waals surface area contributed by atoms with E-state index in [-0.39, 0.29) is 0 Å². The van der Waals surface area contributed by atoms with Crippen LogP contribution in [0.25, 0.3) is 0 Å². The molecule has 1 heterocycles. The quantitative estimate of drug-likeness (QED) is 0.714. The molecule has 0 bridgehead atoms. The number of carbonyl (C=O) groups is 1. The lowest BCUT2D eigenvalue weighted by Crippen LogP contribution is -2.39. The van der Waals surface area contributed by atoms with Gasteiger partial charge in [-0.05, 0) is 44.0 Å². The number of benzene rings is 1. The van der Waals surface area contributed by atoms with Crippen LogP contribution < -0.4 is 16.8 Å². The highest BCUT2D eigenvalue weighted by Crippen LogP contribution is 2.23. The van der Waals surface area contributed by atoms with Crippen LogP contribution in [0.3, 0.4) is 0 Å². The van der Waals surface area contributed by atoms with Gasteiger partial charge in [-0.3, -0.25) is 4.79 Å². The summed E-state index contributed by atoms with van der Waals surface area (Å²) in [7, 11) is 0. The van der Waals surface area contributed by atoms with E-state index in [1.807, 2.05) is 0 Å². The molecule has 0 aromatic heterocycles. The number of hydrogen-bond acceptors (Lipinski definition) is 4. The molecular formula is C15H24N4O. The normalized spacial score (nSPS) is 17.1. The van der Waals surface area contributed by atoms with Crippen LogP contribution in [0, 0.1) is 0 Å². The zero-order valence-electron chi connectivity index (χ0n) is 12.1. The topological polar surface area (TPSA) is 84.4 Å². The summed E-state index contributed by atoms with van der Waals surface area (Å²) in [4.78, 5) is 13.7. The van der Waals surface area contributed by atoms with Gasteiger partial charge in [0, 0.05) is 24.7 Å². The fourth-order valence-electron chi connectivity index (χ4n) is 2.67. The second-order valence-corrected chi connectivity index (χ2v) is 5.43. The Morgan fingerprint density at radius 3 is 2.70 bits per heavy atom. The summed E-state index contributed by atoms with van der Waals surface area (Å²) < 4.78 is 0. The monoisotopic (exact) mass is 276 g/mol.